The fourth-order valence-corrected chi connectivity index (χ4v) is 3.98. The van der Waals surface area contributed by atoms with Crippen molar-refractivity contribution in [1.29, 1.82) is 0 Å². The van der Waals surface area contributed by atoms with E-state index in [1.165, 1.54) is 4.31 Å². The Kier molecular flexibility index (Phi) is 4.13. The summed E-state index contributed by atoms with van der Waals surface area (Å²) in [4.78, 5) is 4.29. The zero-order chi connectivity index (χ0) is 18.3. The summed E-state index contributed by atoms with van der Waals surface area (Å²) < 4.78 is 26.3. The quantitative estimate of drug-likeness (QED) is 0.580. The second kappa shape index (κ2) is 6.34. The zero-order valence-corrected chi connectivity index (χ0v) is 14.9. The molecular weight excluding hydrogens is 358 g/mol. The van der Waals surface area contributed by atoms with Crippen LogP contribution >= 0.6 is 0 Å². The van der Waals surface area contributed by atoms with Gasteiger partial charge in [0.25, 0.3) is 0 Å². The van der Waals surface area contributed by atoms with E-state index in [-0.39, 0.29) is 12.6 Å². The first-order valence-corrected chi connectivity index (χ1v) is 10.0. The molecule has 10 nitrogen and oxygen atoms in total. The molecule has 1 aliphatic heterocycles. The molecule has 0 unspecified atom stereocenters. The molecule has 1 aliphatic rings. The summed E-state index contributed by atoms with van der Waals surface area (Å²) in [5.41, 5.74) is 2.60. The number of aromatic amines is 1. The average Bonchev–Trinajstić information content (AvgIpc) is 3.24. The minimum Gasteiger partial charge on any atom is -0.390 e. The minimum atomic E-state index is -3.31. The summed E-state index contributed by atoms with van der Waals surface area (Å²) in [6.45, 7) is 0.405. The molecule has 2 atom stereocenters. The fraction of sp³-hybridized carbons (Fsp3) is 0.400. The van der Waals surface area contributed by atoms with Crippen LogP contribution in [0, 0.1) is 0 Å². The van der Waals surface area contributed by atoms with Crippen molar-refractivity contribution in [2.75, 3.05) is 24.7 Å². The van der Waals surface area contributed by atoms with E-state index in [4.69, 9.17) is 0 Å². The van der Waals surface area contributed by atoms with Gasteiger partial charge in [-0.3, -0.25) is 5.10 Å². The van der Waals surface area contributed by atoms with Gasteiger partial charge < -0.3 is 10.4 Å². The third-order valence-corrected chi connectivity index (χ3v) is 5.79. The molecule has 1 saturated heterocycles. The van der Waals surface area contributed by atoms with Crippen LogP contribution < -0.4 is 5.32 Å². The zero-order valence-electron chi connectivity index (χ0n) is 14.1. The number of nitrogens with one attached hydrogen (secondary N) is 2. The Morgan fingerprint density at radius 2 is 2.19 bits per heavy atom. The normalized spacial score (nSPS) is 21.9. The molecule has 0 saturated carbocycles. The van der Waals surface area contributed by atoms with Gasteiger partial charge in [0.1, 0.15) is 0 Å². The van der Waals surface area contributed by atoms with E-state index >= 15 is 0 Å². The van der Waals surface area contributed by atoms with Crippen molar-refractivity contribution in [2.45, 2.75) is 18.6 Å². The van der Waals surface area contributed by atoms with Gasteiger partial charge in [0.15, 0.2) is 0 Å². The number of hydrogen-bond acceptors (Lipinski definition) is 7. The number of hydrogen-bond donors (Lipinski definition) is 3. The largest absolute Gasteiger partial charge is 0.390 e. The van der Waals surface area contributed by atoms with E-state index < -0.39 is 16.1 Å². The standard InChI is InChI=1S/C15H19N7O3S/c1-26(24,25)21-5-4-12(14(23)9-21)19-15-16-8-11-2-3-13(22(11)20-15)10-6-17-18-7-10/h2-3,6-8,12,14,23H,4-5,9H2,1H3,(H,17,18)(H,19,20)/t12-,14-/m1/s1. The van der Waals surface area contributed by atoms with Crippen molar-refractivity contribution in [1.82, 2.24) is 29.1 Å². The van der Waals surface area contributed by atoms with Crippen LogP contribution in [0.15, 0.2) is 30.7 Å². The van der Waals surface area contributed by atoms with Gasteiger partial charge in [-0.15, -0.1) is 5.10 Å². The lowest BCUT2D eigenvalue weighted by atomic mass is 10.0. The maximum atomic E-state index is 11.6. The maximum Gasteiger partial charge on any atom is 0.241 e. The molecule has 3 N–H and O–H groups in total. The molecule has 138 valence electrons. The van der Waals surface area contributed by atoms with Crippen molar-refractivity contribution in [3.63, 3.8) is 0 Å². The number of aromatic nitrogens is 5. The van der Waals surface area contributed by atoms with Gasteiger partial charge in [0.05, 0.1) is 42.0 Å². The van der Waals surface area contributed by atoms with Crippen LogP contribution in [-0.4, -0.2) is 74.1 Å². The minimum absolute atomic E-state index is 0.0581. The second-order valence-corrected chi connectivity index (χ2v) is 8.33. The molecule has 26 heavy (non-hydrogen) atoms. The van der Waals surface area contributed by atoms with Gasteiger partial charge in [-0.05, 0) is 18.6 Å². The highest BCUT2D eigenvalue weighted by Gasteiger charge is 2.32. The van der Waals surface area contributed by atoms with Crippen LogP contribution in [0.25, 0.3) is 16.8 Å². The molecule has 4 rings (SSSR count). The van der Waals surface area contributed by atoms with E-state index in [0.29, 0.717) is 18.9 Å². The lowest BCUT2D eigenvalue weighted by Crippen LogP contribution is -2.51. The van der Waals surface area contributed by atoms with Gasteiger partial charge in [-0.2, -0.15) is 9.40 Å². The Labute approximate surface area is 149 Å². The van der Waals surface area contributed by atoms with E-state index in [2.05, 4.69) is 25.6 Å². The Morgan fingerprint density at radius 1 is 1.35 bits per heavy atom. The summed E-state index contributed by atoms with van der Waals surface area (Å²) >= 11 is 0. The molecule has 0 amide bonds. The number of piperidine rings is 1. The van der Waals surface area contributed by atoms with Crippen LogP contribution in [-0.2, 0) is 10.0 Å². The molecule has 3 aromatic rings. The van der Waals surface area contributed by atoms with Crippen LogP contribution in [0.4, 0.5) is 5.95 Å². The second-order valence-electron chi connectivity index (χ2n) is 6.35. The van der Waals surface area contributed by atoms with E-state index in [1.807, 2.05) is 12.1 Å². The van der Waals surface area contributed by atoms with Crippen molar-refractivity contribution in [3.05, 3.63) is 30.7 Å². The number of nitrogens with zero attached hydrogens (tertiary/aromatic N) is 5. The first kappa shape index (κ1) is 16.9. The third-order valence-electron chi connectivity index (χ3n) is 4.52. The molecule has 0 aliphatic carbocycles. The van der Waals surface area contributed by atoms with Crippen molar-refractivity contribution in [3.8, 4) is 11.3 Å². The van der Waals surface area contributed by atoms with Crippen molar-refractivity contribution < 1.29 is 13.5 Å². The molecule has 3 aromatic heterocycles. The summed E-state index contributed by atoms with van der Waals surface area (Å²) in [6, 6.07) is 3.52. The predicted octanol–water partition coefficient (Wildman–Crippen LogP) is -0.0739. The van der Waals surface area contributed by atoms with Gasteiger partial charge in [0, 0.05) is 24.8 Å². The molecule has 0 spiro atoms. The first-order valence-electron chi connectivity index (χ1n) is 8.15. The fourth-order valence-electron chi connectivity index (χ4n) is 3.12. The van der Waals surface area contributed by atoms with Crippen molar-refractivity contribution >= 4 is 21.5 Å². The Hall–Kier alpha value is -2.50. The highest BCUT2D eigenvalue weighted by Crippen LogP contribution is 2.22. The maximum absolute atomic E-state index is 11.6. The third kappa shape index (κ3) is 3.16. The first-order chi connectivity index (χ1) is 12.4. The molecule has 11 heteroatoms. The molecule has 0 aromatic carbocycles. The van der Waals surface area contributed by atoms with Crippen LogP contribution in [0.1, 0.15) is 6.42 Å². The number of aliphatic hydroxyl groups excluding tert-OH is 1. The average molecular weight is 377 g/mol. The molecule has 4 heterocycles. The molecular formula is C15H19N7O3S. The van der Waals surface area contributed by atoms with Crippen LogP contribution in [0.5, 0.6) is 0 Å². The summed E-state index contributed by atoms with van der Waals surface area (Å²) in [6.07, 6.45) is 5.96. The number of β-amino-alcohol motifs (C(OH)–C–C–N with tert-alkyl or cyclic N) is 1. The SMILES string of the molecule is CS(=O)(=O)N1CC[C@@H](Nc2ncc3ccc(-c4cn[nH]c4)n3n2)[C@H](O)C1. The summed E-state index contributed by atoms with van der Waals surface area (Å²) in [5, 5.41) is 24.6. The Morgan fingerprint density at radius 3 is 2.88 bits per heavy atom. The number of H-pyrrole nitrogens is 1. The summed E-state index contributed by atoms with van der Waals surface area (Å²) in [7, 11) is -3.31. The van der Waals surface area contributed by atoms with Gasteiger partial charge in [-0.1, -0.05) is 0 Å². The van der Waals surface area contributed by atoms with Gasteiger partial charge >= 0.3 is 0 Å². The Balaban J connectivity index is 1.55. The smallest absolute Gasteiger partial charge is 0.241 e. The van der Waals surface area contributed by atoms with E-state index in [9.17, 15) is 13.5 Å². The Bertz CT molecular complexity index is 1020. The van der Waals surface area contributed by atoms with Crippen molar-refractivity contribution in [2.24, 2.45) is 0 Å². The number of aliphatic hydroxyl groups is 1. The number of fused-ring (bicyclic) bond motifs is 1. The predicted molar refractivity (Wildman–Crippen MR) is 95.0 cm³/mol. The highest BCUT2D eigenvalue weighted by molar-refractivity contribution is 7.88. The van der Waals surface area contributed by atoms with E-state index in [0.717, 1.165) is 23.0 Å². The lowest BCUT2D eigenvalue weighted by molar-refractivity contribution is 0.0950. The molecule has 1 fully saturated rings. The number of anilines is 1. The van der Waals surface area contributed by atoms with Crippen LogP contribution in [0.2, 0.25) is 0 Å². The van der Waals surface area contributed by atoms with Gasteiger partial charge in [0.2, 0.25) is 16.0 Å². The van der Waals surface area contributed by atoms with Gasteiger partial charge in [-0.25, -0.2) is 17.9 Å². The van der Waals surface area contributed by atoms with Crippen LogP contribution in [0.3, 0.4) is 0 Å². The highest BCUT2D eigenvalue weighted by atomic mass is 32.2. The summed E-state index contributed by atoms with van der Waals surface area (Å²) in [5.74, 6) is 0.371. The van der Waals surface area contributed by atoms with E-state index in [1.54, 1.807) is 23.1 Å². The number of sulfonamides is 1. The topological polar surface area (TPSA) is 129 Å². The number of rotatable bonds is 4. The molecule has 0 bridgehead atoms. The molecule has 0 radical (unpaired) electrons. The lowest BCUT2D eigenvalue weighted by Gasteiger charge is -2.34. The monoisotopic (exact) mass is 377 g/mol.